The molecule has 254 valence electrons. The zero-order chi connectivity index (χ0) is 33.7. The lowest BCUT2D eigenvalue weighted by atomic mass is 9.72. The van der Waals surface area contributed by atoms with Crippen LogP contribution in [-0.2, 0) is 30.6 Å². The average molecular weight is 651 g/mol. The minimum Gasteiger partial charge on any atom is -0.390 e. The van der Waals surface area contributed by atoms with Gasteiger partial charge in [0.05, 0.1) is 22.9 Å². The molecule has 3 rings (SSSR count). The van der Waals surface area contributed by atoms with Crippen LogP contribution in [0.4, 0.5) is 0 Å². The van der Waals surface area contributed by atoms with Crippen LogP contribution in [0.3, 0.4) is 0 Å². The highest BCUT2D eigenvalue weighted by atomic mass is 32.2. The lowest BCUT2D eigenvalue weighted by Crippen LogP contribution is -2.64. The molecule has 7 atom stereocenters. The molecule has 0 radical (unpaired) electrons. The Balaban J connectivity index is 1.92. The number of hydrogen-bond donors (Lipinski definition) is 5. The summed E-state index contributed by atoms with van der Waals surface area (Å²) in [5.74, 6) is -0.915. The van der Waals surface area contributed by atoms with Crippen molar-refractivity contribution < 1.29 is 33.0 Å². The van der Waals surface area contributed by atoms with Crippen LogP contribution in [0.15, 0.2) is 30.3 Å². The van der Waals surface area contributed by atoms with E-state index in [0.29, 0.717) is 24.8 Å². The Morgan fingerprint density at radius 2 is 1.56 bits per heavy atom. The Bertz CT molecular complexity index is 1280. The van der Waals surface area contributed by atoms with Crippen LogP contribution in [0.5, 0.6) is 0 Å². The molecule has 12 heteroatoms. The normalized spacial score (nSPS) is 24.0. The number of carbonyl (C=O) groups excluding carboxylic acids is 3. The number of fused-ring (bicyclic) bond motifs is 1. The maximum atomic E-state index is 13.8. The minimum absolute atomic E-state index is 0.0850. The number of aliphatic hydroxyl groups is 2. The number of hydrogen-bond acceptors (Lipinski definition) is 8. The quantitative estimate of drug-likeness (QED) is 0.228. The smallest absolute Gasteiger partial charge is 0.249 e. The second kappa shape index (κ2) is 14.9. The summed E-state index contributed by atoms with van der Waals surface area (Å²) in [7, 11) is -3.87. The highest BCUT2D eigenvalue weighted by Crippen LogP contribution is 2.39. The Kier molecular flexibility index (Phi) is 12.2. The van der Waals surface area contributed by atoms with E-state index in [1.807, 2.05) is 56.0 Å². The van der Waals surface area contributed by atoms with Crippen molar-refractivity contribution in [2.75, 3.05) is 19.3 Å². The summed E-state index contributed by atoms with van der Waals surface area (Å²) in [6, 6.07) is 6.42. The van der Waals surface area contributed by atoms with Crippen molar-refractivity contribution >= 4 is 27.6 Å². The zero-order valence-corrected chi connectivity index (χ0v) is 28.7. The van der Waals surface area contributed by atoms with Crippen molar-refractivity contribution in [3.63, 3.8) is 0 Å². The van der Waals surface area contributed by atoms with Gasteiger partial charge in [0.25, 0.3) is 0 Å². The molecule has 1 heterocycles. The third-order valence-corrected chi connectivity index (χ3v) is 11.5. The van der Waals surface area contributed by atoms with Crippen molar-refractivity contribution in [3.8, 4) is 0 Å². The number of nitrogens with zero attached hydrogens (tertiary/aromatic N) is 1. The third-order valence-electron chi connectivity index (χ3n) is 9.39. The number of likely N-dealkylation sites (tertiary alicyclic amines) is 1. The SMILES string of the molecule is CC(O)C(=O)N[C@H](C(=O)N[C@@H](Cc1ccccc1)[C@H](O)CN1CC2CCCCC2C[C@H]1C(=O)NC(C)(C)C)C(C)(C)S(C)(=O)=O. The van der Waals surface area contributed by atoms with Crippen molar-refractivity contribution in [2.45, 2.75) is 121 Å². The average Bonchev–Trinajstić information content (AvgIpc) is 2.93. The van der Waals surface area contributed by atoms with Gasteiger partial charge in [-0.15, -0.1) is 0 Å². The van der Waals surface area contributed by atoms with E-state index < -0.39 is 62.3 Å². The fourth-order valence-corrected chi connectivity index (χ4v) is 7.04. The number of piperidine rings is 1. The summed E-state index contributed by atoms with van der Waals surface area (Å²) in [5.41, 5.74) is 0.411. The fraction of sp³-hybridized carbons (Fsp3) is 0.727. The first kappa shape index (κ1) is 36.9. The summed E-state index contributed by atoms with van der Waals surface area (Å²) in [4.78, 5) is 41.9. The standard InChI is InChI=1S/C33H54N4O7S/c1-21(38)29(40)35-28(33(5,6)45(7,43)44)31(42)34-25(17-22-13-9-8-10-14-22)27(39)20-37-19-24-16-12-11-15-23(24)18-26(37)30(41)36-32(2,3)4/h8-10,13-14,21,23-28,38-39H,11-12,15-20H2,1-7H3,(H,34,42)(H,35,40)(H,36,41)/t21?,23?,24?,25-,26-,27+,28+/m0/s1. The highest BCUT2D eigenvalue weighted by molar-refractivity contribution is 7.92. The van der Waals surface area contributed by atoms with Crippen LogP contribution in [0, 0.1) is 11.8 Å². The van der Waals surface area contributed by atoms with E-state index in [2.05, 4.69) is 16.0 Å². The van der Waals surface area contributed by atoms with Gasteiger partial charge in [-0.2, -0.15) is 0 Å². The zero-order valence-electron chi connectivity index (χ0n) is 27.9. The topological polar surface area (TPSA) is 165 Å². The van der Waals surface area contributed by atoms with Crippen LogP contribution >= 0.6 is 0 Å². The lowest BCUT2D eigenvalue weighted by molar-refractivity contribution is -0.135. The number of sulfone groups is 1. The Morgan fingerprint density at radius 3 is 2.11 bits per heavy atom. The monoisotopic (exact) mass is 650 g/mol. The predicted octanol–water partition coefficient (Wildman–Crippen LogP) is 1.56. The molecule has 3 unspecified atom stereocenters. The molecule has 0 aromatic heterocycles. The number of rotatable bonds is 12. The van der Waals surface area contributed by atoms with Gasteiger partial charge in [0.2, 0.25) is 17.7 Å². The van der Waals surface area contributed by atoms with Gasteiger partial charge < -0.3 is 26.2 Å². The van der Waals surface area contributed by atoms with Crippen LogP contribution < -0.4 is 16.0 Å². The van der Waals surface area contributed by atoms with E-state index in [9.17, 15) is 33.0 Å². The Hall–Kier alpha value is -2.54. The lowest BCUT2D eigenvalue weighted by Gasteiger charge is -2.47. The highest BCUT2D eigenvalue weighted by Gasteiger charge is 2.46. The second-order valence-corrected chi connectivity index (χ2v) is 17.2. The summed E-state index contributed by atoms with van der Waals surface area (Å²) in [5, 5.41) is 30.0. The molecule has 1 saturated heterocycles. The second-order valence-electron chi connectivity index (χ2n) is 14.6. The van der Waals surface area contributed by atoms with Crippen LogP contribution in [0.25, 0.3) is 0 Å². The van der Waals surface area contributed by atoms with Crippen molar-refractivity contribution in [3.05, 3.63) is 35.9 Å². The predicted molar refractivity (Wildman–Crippen MR) is 174 cm³/mol. The maximum absolute atomic E-state index is 13.8. The molecule has 5 N–H and O–H groups in total. The number of amides is 3. The summed E-state index contributed by atoms with van der Waals surface area (Å²) < 4.78 is 23.8. The van der Waals surface area contributed by atoms with Gasteiger partial charge in [-0.3, -0.25) is 19.3 Å². The summed E-state index contributed by atoms with van der Waals surface area (Å²) >= 11 is 0. The molecular weight excluding hydrogens is 596 g/mol. The van der Waals surface area contributed by atoms with Gasteiger partial charge in [-0.25, -0.2) is 8.42 Å². The molecule has 1 aliphatic heterocycles. The largest absolute Gasteiger partial charge is 0.390 e. The van der Waals surface area contributed by atoms with Crippen LogP contribution in [0.2, 0.25) is 0 Å². The Morgan fingerprint density at radius 1 is 0.956 bits per heavy atom. The van der Waals surface area contributed by atoms with E-state index >= 15 is 0 Å². The molecule has 45 heavy (non-hydrogen) atoms. The van der Waals surface area contributed by atoms with E-state index in [1.54, 1.807) is 0 Å². The molecule has 1 saturated carbocycles. The molecular formula is C33H54N4O7S. The first-order valence-corrected chi connectivity index (χ1v) is 18.0. The summed E-state index contributed by atoms with van der Waals surface area (Å²) in [6.45, 7) is 10.5. The number of benzene rings is 1. The van der Waals surface area contributed by atoms with Gasteiger partial charge >= 0.3 is 0 Å². The summed E-state index contributed by atoms with van der Waals surface area (Å²) in [6.07, 6.45) is 3.75. The first-order chi connectivity index (χ1) is 20.8. The Labute approximate surface area is 268 Å². The molecule has 3 amide bonds. The number of nitrogens with one attached hydrogen (secondary N) is 3. The molecule has 2 fully saturated rings. The van der Waals surface area contributed by atoms with E-state index in [-0.39, 0.29) is 18.9 Å². The molecule has 2 aliphatic rings. The minimum atomic E-state index is -3.87. The molecule has 0 bridgehead atoms. The van der Waals surface area contributed by atoms with Gasteiger partial charge in [0.1, 0.15) is 12.1 Å². The van der Waals surface area contributed by atoms with Crippen molar-refractivity contribution in [1.82, 2.24) is 20.9 Å². The van der Waals surface area contributed by atoms with Crippen LogP contribution in [0.1, 0.15) is 79.2 Å². The van der Waals surface area contributed by atoms with Crippen LogP contribution in [-0.4, -0.2) is 101 Å². The molecule has 11 nitrogen and oxygen atoms in total. The maximum Gasteiger partial charge on any atom is 0.249 e. The molecule has 0 spiro atoms. The molecule has 1 aromatic rings. The molecule has 1 aromatic carbocycles. The van der Waals surface area contributed by atoms with Gasteiger partial charge in [-0.1, -0.05) is 49.6 Å². The number of carbonyl (C=O) groups is 3. The van der Waals surface area contributed by atoms with E-state index in [0.717, 1.165) is 37.5 Å². The van der Waals surface area contributed by atoms with Gasteiger partial charge in [0.15, 0.2) is 9.84 Å². The fourth-order valence-electron chi connectivity index (χ4n) is 6.44. The van der Waals surface area contributed by atoms with E-state index in [4.69, 9.17) is 0 Å². The van der Waals surface area contributed by atoms with Gasteiger partial charge in [-0.05, 0) is 78.2 Å². The van der Waals surface area contributed by atoms with E-state index in [1.165, 1.54) is 20.8 Å². The third kappa shape index (κ3) is 9.97. The number of aliphatic hydroxyl groups excluding tert-OH is 2. The number of β-amino-alcohol motifs (C(OH)–C–C–N with tert-alkyl or cyclic N) is 1. The molecule has 1 aliphatic carbocycles. The van der Waals surface area contributed by atoms with Crippen molar-refractivity contribution in [2.24, 2.45) is 11.8 Å². The first-order valence-electron chi connectivity index (χ1n) is 16.1. The van der Waals surface area contributed by atoms with Crippen molar-refractivity contribution in [1.29, 1.82) is 0 Å². The van der Waals surface area contributed by atoms with Gasteiger partial charge in [0, 0.05) is 24.9 Å².